The Balaban J connectivity index is 2.16. The van der Waals surface area contributed by atoms with Crippen molar-refractivity contribution in [2.45, 2.75) is 13.5 Å². The van der Waals surface area contributed by atoms with Gasteiger partial charge in [-0.1, -0.05) is 35.9 Å². The summed E-state index contributed by atoms with van der Waals surface area (Å²) in [4.78, 5) is 0. The number of rotatable bonds is 1. The maximum absolute atomic E-state index is 6.24. The molecule has 1 aliphatic heterocycles. The van der Waals surface area contributed by atoms with E-state index in [1.165, 1.54) is 5.56 Å². The summed E-state index contributed by atoms with van der Waals surface area (Å²) in [5, 5.41) is 0.774. The maximum Gasteiger partial charge on any atom is 0.280 e. The fraction of sp³-hybridized carbons (Fsp3) is 0.133. The molecule has 0 spiro atoms. The molecule has 3 heteroatoms. The topological polar surface area (TPSA) is 29.0 Å². The molecule has 0 fully saturated rings. The van der Waals surface area contributed by atoms with Crippen molar-refractivity contribution in [3.05, 3.63) is 64.2 Å². The van der Waals surface area contributed by atoms with Crippen LogP contribution in [-0.2, 0) is 6.54 Å². The summed E-state index contributed by atoms with van der Waals surface area (Å²) in [6.07, 6.45) is 0. The van der Waals surface area contributed by atoms with Crippen LogP contribution in [0.2, 0.25) is 5.02 Å². The Labute approximate surface area is 111 Å². The average molecular weight is 258 g/mol. The van der Waals surface area contributed by atoms with E-state index >= 15 is 0 Å². The number of nitrogens with two attached hydrogens (primary N) is 1. The number of hydrogen-bond donors (Lipinski definition) is 1. The van der Waals surface area contributed by atoms with Crippen molar-refractivity contribution in [3.8, 4) is 0 Å². The van der Waals surface area contributed by atoms with E-state index in [1.807, 2.05) is 31.2 Å². The zero-order valence-corrected chi connectivity index (χ0v) is 10.9. The van der Waals surface area contributed by atoms with Crippen LogP contribution in [-0.4, -0.2) is 10.4 Å². The molecule has 0 unspecified atom stereocenters. The second-order valence-corrected chi connectivity index (χ2v) is 4.92. The third-order valence-electron chi connectivity index (χ3n) is 3.44. The zero-order valence-electron chi connectivity index (χ0n) is 10.2. The van der Waals surface area contributed by atoms with Crippen LogP contribution in [0.4, 0.5) is 5.69 Å². The van der Waals surface area contributed by atoms with Crippen molar-refractivity contribution in [2.24, 2.45) is 5.73 Å². The molecule has 3 rings (SSSR count). The second-order valence-electron chi connectivity index (χ2n) is 4.51. The summed E-state index contributed by atoms with van der Waals surface area (Å²) in [7, 11) is 0. The van der Waals surface area contributed by atoms with Gasteiger partial charge in [0.2, 0.25) is 0 Å². The molecule has 18 heavy (non-hydrogen) atoms. The monoisotopic (exact) mass is 257 g/mol. The average Bonchev–Trinajstić information content (AvgIpc) is 2.71. The Morgan fingerprint density at radius 1 is 1.11 bits per heavy atom. The van der Waals surface area contributed by atoms with Crippen LogP contribution in [0.1, 0.15) is 16.7 Å². The predicted molar refractivity (Wildman–Crippen MR) is 74.6 cm³/mol. The number of amidine groups is 1. The highest BCUT2D eigenvalue weighted by molar-refractivity contribution is 6.31. The van der Waals surface area contributed by atoms with Crippen molar-refractivity contribution in [2.75, 3.05) is 0 Å². The van der Waals surface area contributed by atoms with Gasteiger partial charge in [-0.3, -0.25) is 5.73 Å². The molecule has 1 aliphatic rings. The standard InChI is InChI=1S/C15H13ClN2/c1-10-13(16)7-4-8-14(10)18-9-11-5-2-3-6-12(11)15(18)17/h2-8,17H,9H2,1H3/p+1. The van der Waals surface area contributed by atoms with E-state index in [0.717, 1.165) is 34.2 Å². The summed E-state index contributed by atoms with van der Waals surface area (Å²) < 4.78 is 2.12. The zero-order chi connectivity index (χ0) is 12.7. The van der Waals surface area contributed by atoms with Crippen LogP contribution in [0.25, 0.3) is 0 Å². The van der Waals surface area contributed by atoms with E-state index in [1.54, 1.807) is 0 Å². The lowest BCUT2D eigenvalue weighted by Gasteiger charge is -2.07. The highest BCUT2D eigenvalue weighted by Gasteiger charge is 2.26. The molecule has 0 saturated heterocycles. The molecule has 0 amide bonds. The summed E-state index contributed by atoms with van der Waals surface area (Å²) in [6, 6.07) is 14.1. The maximum atomic E-state index is 6.24. The highest BCUT2D eigenvalue weighted by atomic mass is 35.5. The van der Waals surface area contributed by atoms with Gasteiger partial charge in [-0.2, -0.15) is 0 Å². The first-order valence-electron chi connectivity index (χ1n) is 5.92. The van der Waals surface area contributed by atoms with Gasteiger partial charge in [-0.15, -0.1) is 0 Å². The normalized spacial score (nSPS) is 13.9. The Kier molecular flexibility index (Phi) is 2.60. The van der Waals surface area contributed by atoms with Crippen LogP contribution in [0.3, 0.4) is 0 Å². The first kappa shape index (κ1) is 11.3. The van der Waals surface area contributed by atoms with E-state index in [4.69, 9.17) is 17.3 Å². The third kappa shape index (κ3) is 1.61. The van der Waals surface area contributed by atoms with Gasteiger partial charge >= 0.3 is 0 Å². The summed E-state index contributed by atoms with van der Waals surface area (Å²) in [5.74, 6) is 0.802. The number of nitrogens with zero attached hydrogens (tertiary/aromatic N) is 1. The molecule has 0 bridgehead atoms. The summed E-state index contributed by atoms with van der Waals surface area (Å²) in [5.41, 5.74) is 10.8. The highest BCUT2D eigenvalue weighted by Crippen LogP contribution is 2.29. The molecule has 2 aromatic carbocycles. The number of fused-ring (bicyclic) bond motifs is 1. The summed E-state index contributed by atoms with van der Waals surface area (Å²) >= 11 is 6.17. The minimum atomic E-state index is 0.774. The second kappa shape index (κ2) is 4.14. The van der Waals surface area contributed by atoms with Crippen molar-refractivity contribution >= 4 is 23.1 Å². The predicted octanol–water partition coefficient (Wildman–Crippen LogP) is 3.21. The SMILES string of the molecule is Cc1c(Cl)cccc1[N+]1=C(N)c2ccccc2C1. The van der Waals surface area contributed by atoms with Gasteiger partial charge in [-0.25, -0.2) is 4.58 Å². The molecule has 0 atom stereocenters. The van der Waals surface area contributed by atoms with Gasteiger partial charge in [0.05, 0.1) is 5.56 Å². The fourth-order valence-electron chi connectivity index (χ4n) is 2.41. The van der Waals surface area contributed by atoms with Crippen molar-refractivity contribution < 1.29 is 4.58 Å². The lowest BCUT2D eigenvalue weighted by molar-refractivity contribution is -0.453. The van der Waals surface area contributed by atoms with Crippen molar-refractivity contribution in [1.82, 2.24) is 0 Å². The van der Waals surface area contributed by atoms with Crippen LogP contribution in [0.15, 0.2) is 42.5 Å². The number of halogens is 1. The Morgan fingerprint density at radius 2 is 1.89 bits per heavy atom. The first-order chi connectivity index (χ1) is 8.68. The van der Waals surface area contributed by atoms with Crippen LogP contribution in [0.5, 0.6) is 0 Å². The van der Waals surface area contributed by atoms with Gasteiger partial charge in [0.25, 0.3) is 5.84 Å². The number of hydrogen-bond acceptors (Lipinski definition) is 1. The summed E-state index contributed by atoms with van der Waals surface area (Å²) in [6.45, 7) is 2.83. The van der Waals surface area contributed by atoms with Gasteiger partial charge in [-0.05, 0) is 25.1 Å². The van der Waals surface area contributed by atoms with Crippen molar-refractivity contribution in [1.29, 1.82) is 0 Å². The van der Waals surface area contributed by atoms with Gasteiger partial charge in [0.15, 0.2) is 0 Å². The molecule has 0 aliphatic carbocycles. The molecule has 1 heterocycles. The molecule has 0 radical (unpaired) electrons. The van der Waals surface area contributed by atoms with Crippen LogP contribution < -0.4 is 5.73 Å². The Hall–Kier alpha value is -1.80. The molecular weight excluding hydrogens is 244 g/mol. The van der Waals surface area contributed by atoms with Gasteiger partial charge in [0, 0.05) is 16.1 Å². The quantitative estimate of drug-likeness (QED) is 0.781. The van der Waals surface area contributed by atoms with E-state index in [9.17, 15) is 0 Å². The van der Waals surface area contributed by atoms with E-state index in [-0.39, 0.29) is 0 Å². The molecular formula is C15H14ClN2+. The fourth-order valence-corrected chi connectivity index (χ4v) is 2.58. The third-order valence-corrected chi connectivity index (χ3v) is 3.85. The van der Waals surface area contributed by atoms with Crippen molar-refractivity contribution in [3.63, 3.8) is 0 Å². The van der Waals surface area contributed by atoms with Crippen LogP contribution >= 0.6 is 11.6 Å². The van der Waals surface area contributed by atoms with E-state index in [0.29, 0.717) is 0 Å². The minimum absolute atomic E-state index is 0.774. The van der Waals surface area contributed by atoms with Crippen LogP contribution in [0, 0.1) is 6.92 Å². The molecule has 2 aromatic rings. The molecule has 0 aromatic heterocycles. The smallest absolute Gasteiger partial charge is 0.280 e. The molecule has 2 N–H and O–H groups in total. The lowest BCUT2D eigenvalue weighted by atomic mass is 10.1. The van der Waals surface area contributed by atoms with Gasteiger partial charge < -0.3 is 0 Å². The first-order valence-corrected chi connectivity index (χ1v) is 6.29. The van der Waals surface area contributed by atoms with E-state index in [2.05, 4.69) is 22.8 Å². The van der Waals surface area contributed by atoms with E-state index < -0.39 is 0 Å². The molecule has 90 valence electrons. The Morgan fingerprint density at radius 3 is 2.67 bits per heavy atom. The minimum Gasteiger partial charge on any atom is -0.286 e. The lowest BCUT2D eigenvalue weighted by Crippen LogP contribution is -2.20. The number of benzene rings is 2. The largest absolute Gasteiger partial charge is 0.286 e. The molecule has 2 nitrogen and oxygen atoms in total. The van der Waals surface area contributed by atoms with Gasteiger partial charge in [0.1, 0.15) is 12.2 Å². The molecule has 0 saturated carbocycles. The Bertz CT molecular complexity index is 659.